The molecule has 1 saturated heterocycles. The molecular formula is C13H13ClO5S. The summed E-state index contributed by atoms with van der Waals surface area (Å²) in [5.41, 5.74) is 0.504. The van der Waals surface area contributed by atoms with Crippen LogP contribution in [0.5, 0.6) is 5.75 Å². The van der Waals surface area contributed by atoms with Crippen molar-refractivity contribution in [2.75, 3.05) is 11.5 Å². The third-order valence-electron chi connectivity index (χ3n) is 2.88. The molecule has 1 atom stereocenters. The van der Waals surface area contributed by atoms with Gasteiger partial charge >= 0.3 is 5.97 Å². The van der Waals surface area contributed by atoms with Crippen molar-refractivity contribution in [2.24, 2.45) is 0 Å². The van der Waals surface area contributed by atoms with E-state index >= 15 is 0 Å². The molecule has 1 heterocycles. The minimum Gasteiger partial charge on any atom is -0.487 e. The molecule has 0 spiro atoms. The molecule has 7 heteroatoms. The molecule has 0 bridgehead atoms. The zero-order chi connectivity index (χ0) is 14.8. The van der Waals surface area contributed by atoms with Gasteiger partial charge in [-0.05, 0) is 18.6 Å². The Hall–Kier alpha value is -1.53. The van der Waals surface area contributed by atoms with E-state index in [9.17, 15) is 13.2 Å². The fourth-order valence-corrected chi connectivity index (χ4v) is 3.78. The molecule has 1 aliphatic rings. The number of rotatable bonds is 4. The molecule has 1 aliphatic heterocycles. The Morgan fingerprint density at radius 1 is 1.45 bits per heavy atom. The standard InChI is InChI=1S/C13H13ClO5S/c14-11-3-1-2-9(4-5-12(15)16)13(11)19-10-6-7-20(17,18)8-10/h1-5,10H,6-8H2,(H,15,16)/b5-4+. The fraction of sp³-hybridized carbons (Fsp3) is 0.308. The maximum atomic E-state index is 11.4. The van der Waals surface area contributed by atoms with Crippen LogP contribution in [-0.2, 0) is 14.6 Å². The molecule has 20 heavy (non-hydrogen) atoms. The van der Waals surface area contributed by atoms with E-state index in [1.807, 2.05) is 0 Å². The molecule has 0 aliphatic carbocycles. The minimum absolute atomic E-state index is 0.0414. The number of hydrogen-bond donors (Lipinski definition) is 1. The highest BCUT2D eigenvalue weighted by molar-refractivity contribution is 7.91. The smallest absolute Gasteiger partial charge is 0.328 e. The summed E-state index contributed by atoms with van der Waals surface area (Å²) in [6, 6.07) is 4.94. The van der Waals surface area contributed by atoms with Gasteiger partial charge in [0.05, 0.1) is 16.5 Å². The minimum atomic E-state index is -3.05. The Balaban J connectivity index is 2.24. The van der Waals surface area contributed by atoms with Gasteiger partial charge in [0.1, 0.15) is 11.9 Å². The molecule has 0 aromatic heterocycles. The van der Waals surface area contributed by atoms with Crippen molar-refractivity contribution < 1.29 is 23.1 Å². The lowest BCUT2D eigenvalue weighted by Crippen LogP contribution is -2.18. The Bertz CT molecular complexity index is 651. The van der Waals surface area contributed by atoms with Crippen LogP contribution < -0.4 is 4.74 Å². The highest BCUT2D eigenvalue weighted by atomic mass is 35.5. The number of carbonyl (C=O) groups is 1. The molecular weight excluding hydrogens is 304 g/mol. The van der Waals surface area contributed by atoms with Crippen LogP contribution in [0.3, 0.4) is 0 Å². The van der Waals surface area contributed by atoms with Gasteiger partial charge in [-0.3, -0.25) is 0 Å². The lowest BCUT2D eigenvalue weighted by atomic mass is 10.2. The summed E-state index contributed by atoms with van der Waals surface area (Å²) >= 11 is 6.04. The molecule has 1 aromatic carbocycles. The molecule has 0 saturated carbocycles. The lowest BCUT2D eigenvalue weighted by molar-refractivity contribution is -0.131. The van der Waals surface area contributed by atoms with Gasteiger partial charge in [-0.1, -0.05) is 23.7 Å². The second-order valence-electron chi connectivity index (χ2n) is 4.47. The predicted molar refractivity (Wildman–Crippen MR) is 75.8 cm³/mol. The largest absolute Gasteiger partial charge is 0.487 e. The SMILES string of the molecule is O=C(O)/C=C/c1cccc(Cl)c1OC1CCS(=O)(=O)C1. The number of hydrogen-bond acceptors (Lipinski definition) is 4. The molecule has 0 radical (unpaired) electrons. The number of benzene rings is 1. The molecule has 1 unspecified atom stereocenters. The predicted octanol–water partition coefficient (Wildman–Crippen LogP) is 2.00. The maximum absolute atomic E-state index is 11.4. The van der Waals surface area contributed by atoms with Gasteiger partial charge in [0.15, 0.2) is 9.84 Å². The maximum Gasteiger partial charge on any atom is 0.328 e. The molecule has 1 fully saturated rings. The van der Waals surface area contributed by atoms with Gasteiger partial charge in [-0.2, -0.15) is 0 Å². The number of carboxylic acids is 1. The van der Waals surface area contributed by atoms with Crippen LogP contribution in [0.1, 0.15) is 12.0 Å². The molecule has 1 aromatic rings. The topological polar surface area (TPSA) is 80.7 Å². The highest BCUT2D eigenvalue weighted by Crippen LogP contribution is 2.32. The third-order valence-corrected chi connectivity index (χ3v) is 4.91. The van der Waals surface area contributed by atoms with Crippen molar-refractivity contribution in [1.82, 2.24) is 0 Å². The van der Waals surface area contributed by atoms with Crippen LogP contribution in [0.15, 0.2) is 24.3 Å². The van der Waals surface area contributed by atoms with Gasteiger partial charge in [0.2, 0.25) is 0 Å². The van der Waals surface area contributed by atoms with Crippen LogP contribution in [0.25, 0.3) is 6.08 Å². The second-order valence-corrected chi connectivity index (χ2v) is 7.11. The van der Waals surface area contributed by atoms with Crippen LogP contribution in [0.4, 0.5) is 0 Å². The molecule has 1 N–H and O–H groups in total. The summed E-state index contributed by atoms with van der Waals surface area (Å²) in [5, 5.41) is 8.97. The molecule has 2 rings (SSSR count). The van der Waals surface area contributed by atoms with Gasteiger partial charge < -0.3 is 9.84 Å². The quantitative estimate of drug-likeness (QED) is 0.859. The number of halogens is 1. The summed E-state index contributed by atoms with van der Waals surface area (Å²) in [7, 11) is -3.05. The molecule has 0 amide bonds. The molecule has 5 nitrogen and oxygen atoms in total. The first-order chi connectivity index (χ1) is 9.37. The number of sulfone groups is 1. The zero-order valence-electron chi connectivity index (χ0n) is 10.5. The highest BCUT2D eigenvalue weighted by Gasteiger charge is 2.30. The monoisotopic (exact) mass is 316 g/mol. The summed E-state index contributed by atoms with van der Waals surface area (Å²) in [6.07, 6.45) is 2.31. The average Bonchev–Trinajstić information content (AvgIpc) is 2.69. The van der Waals surface area contributed by atoms with Crippen molar-refractivity contribution in [1.29, 1.82) is 0 Å². The van der Waals surface area contributed by atoms with Crippen molar-refractivity contribution in [2.45, 2.75) is 12.5 Å². The van der Waals surface area contributed by atoms with Crippen LogP contribution >= 0.6 is 11.6 Å². The van der Waals surface area contributed by atoms with E-state index in [0.29, 0.717) is 22.8 Å². The van der Waals surface area contributed by atoms with Crippen LogP contribution in [0.2, 0.25) is 5.02 Å². The van der Waals surface area contributed by atoms with Crippen LogP contribution in [-0.4, -0.2) is 37.1 Å². The Morgan fingerprint density at radius 3 is 2.80 bits per heavy atom. The van der Waals surface area contributed by atoms with Crippen molar-refractivity contribution in [3.8, 4) is 5.75 Å². The number of aliphatic carboxylic acids is 1. The van der Waals surface area contributed by atoms with Crippen molar-refractivity contribution >= 4 is 33.5 Å². The summed E-state index contributed by atoms with van der Waals surface area (Å²) in [4.78, 5) is 10.6. The Morgan fingerprint density at radius 2 is 2.20 bits per heavy atom. The third kappa shape index (κ3) is 3.74. The van der Waals surface area contributed by atoms with Gasteiger partial charge in [0, 0.05) is 11.6 Å². The zero-order valence-corrected chi connectivity index (χ0v) is 12.0. The van der Waals surface area contributed by atoms with E-state index in [1.54, 1.807) is 18.2 Å². The Kier molecular flexibility index (Phi) is 4.35. The first-order valence-electron chi connectivity index (χ1n) is 5.94. The number of ether oxygens (including phenoxy) is 1. The first kappa shape index (κ1) is 14.9. The van der Waals surface area contributed by atoms with E-state index < -0.39 is 21.9 Å². The van der Waals surface area contributed by atoms with Gasteiger partial charge in [-0.15, -0.1) is 0 Å². The normalized spacial score (nSPS) is 21.1. The van der Waals surface area contributed by atoms with Crippen molar-refractivity contribution in [3.05, 3.63) is 34.9 Å². The van der Waals surface area contributed by atoms with E-state index in [1.165, 1.54) is 6.08 Å². The van der Waals surface area contributed by atoms with E-state index in [4.69, 9.17) is 21.4 Å². The van der Waals surface area contributed by atoms with E-state index in [2.05, 4.69) is 0 Å². The average molecular weight is 317 g/mol. The van der Waals surface area contributed by atoms with Gasteiger partial charge in [-0.25, -0.2) is 13.2 Å². The fourth-order valence-electron chi connectivity index (χ4n) is 1.96. The lowest BCUT2D eigenvalue weighted by Gasteiger charge is -2.15. The summed E-state index contributed by atoms with van der Waals surface area (Å²) in [6.45, 7) is 0. The van der Waals surface area contributed by atoms with Crippen LogP contribution in [0, 0.1) is 0 Å². The number of carboxylic acid groups (broad SMARTS) is 1. The van der Waals surface area contributed by atoms with E-state index in [-0.39, 0.29) is 11.5 Å². The summed E-state index contributed by atoms with van der Waals surface area (Å²) < 4.78 is 28.5. The number of para-hydroxylation sites is 1. The van der Waals surface area contributed by atoms with E-state index in [0.717, 1.165) is 6.08 Å². The van der Waals surface area contributed by atoms with Crippen molar-refractivity contribution in [3.63, 3.8) is 0 Å². The Labute approximate surface area is 121 Å². The van der Waals surface area contributed by atoms with Gasteiger partial charge in [0.25, 0.3) is 0 Å². The second kappa shape index (κ2) is 5.85. The molecule has 108 valence electrons. The summed E-state index contributed by atoms with van der Waals surface area (Å²) in [5.74, 6) is -0.712. The first-order valence-corrected chi connectivity index (χ1v) is 8.14.